The average Bonchev–Trinajstić information content (AvgIpc) is 3.15. The van der Waals surface area contributed by atoms with Gasteiger partial charge in [0, 0.05) is 58.3 Å². The molecule has 1 heterocycles. The lowest BCUT2D eigenvalue weighted by molar-refractivity contribution is -0.129. The van der Waals surface area contributed by atoms with E-state index in [1.807, 2.05) is 43.0 Å². The number of rotatable bonds is 7. The van der Waals surface area contributed by atoms with Crippen LogP contribution >= 0.6 is 24.0 Å². The van der Waals surface area contributed by atoms with E-state index in [0.717, 1.165) is 44.0 Å². The molecule has 0 bridgehead atoms. The Bertz CT molecular complexity index is 708. The lowest BCUT2D eigenvalue weighted by Gasteiger charge is -2.18. The van der Waals surface area contributed by atoms with E-state index in [1.54, 1.807) is 19.0 Å². The highest BCUT2D eigenvalue weighted by molar-refractivity contribution is 14.0. The number of nitrogens with zero attached hydrogens (tertiary/aromatic N) is 3. The molecular weight excluding hydrogens is 481 g/mol. The first kappa shape index (κ1) is 25.2. The number of likely N-dealkylation sites (tertiary alicyclic amines) is 1. The molecule has 29 heavy (non-hydrogen) atoms. The number of guanidine groups is 1. The lowest BCUT2D eigenvalue weighted by atomic mass is 10.1. The van der Waals surface area contributed by atoms with Crippen LogP contribution in [0, 0.1) is 0 Å². The van der Waals surface area contributed by atoms with Crippen molar-refractivity contribution in [3.05, 3.63) is 35.4 Å². The van der Waals surface area contributed by atoms with Crippen LogP contribution in [0.3, 0.4) is 0 Å². The molecule has 1 aromatic rings. The van der Waals surface area contributed by atoms with Gasteiger partial charge < -0.3 is 20.4 Å². The molecule has 1 unspecified atom stereocenters. The summed E-state index contributed by atoms with van der Waals surface area (Å²) < 4.78 is 0. The molecule has 0 aliphatic carbocycles. The highest BCUT2D eigenvalue weighted by Gasteiger charge is 2.25. The number of carbonyl (C=O) groups excluding carboxylic acids is 2. The minimum atomic E-state index is 0. The Morgan fingerprint density at radius 3 is 2.69 bits per heavy atom. The molecule has 0 saturated carbocycles. The SMILES string of the molecule is CCNC(=NCCc1cccc(C(=O)N(C)C)c1)NC1CCN(C(=O)CC)C1.I. The fraction of sp³-hybridized carbons (Fsp3) is 0.571. The molecule has 8 heteroatoms. The van der Waals surface area contributed by atoms with E-state index >= 15 is 0 Å². The van der Waals surface area contributed by atoms with E-state index in [-0.39, 0.29) is 41.8 Å². The molecule has 162 valence electrons. The van der Waals surface area contributed by atoms with Crippen molar-refractivity contribution in [3.8, 4) is 0 Å². The molecule has 0 spiro atoms. The van der Waals surface area contributed by atoms with Gasteiger partial charge in [-0.2, -0.15) is 0 Å². The quantitative estimate of drug-likeness (QED) is 0.332. The van der Waals surface area contributed by atoms with Gasteiger partial charge in [0.05, 0.1) is 0 Å². The lowest BCUT2D eigenvalue weighted by Crippen LogP contribution is -2.45. The smallest absolute Gasteiger partial charge is 0.253 e. The Morgan fingerprint density at radius 1 is 1.28 bits per heavy atom. The highest BCUT2D eigenvalue weighted by atomic mass is 127. The number of amides is 2. The maximum absolute atomic E-state index is 12.1. The Hall–Kier alpha value is -1.84. The molecule has 1 aliphatic heterocycles. The molecule has 0 radical (unpaired) electrons. The van der Waals surface area contributed by atoms with Crippen LogP contribution in [0.2, 0.25) is 0 Å². The van der Waals surface area contributed by atoms with Crippen molar-refractivity contribution < 1.29 is 9.59 Å². The van der Waals surface area contributed by atoms with Crippen molar-refractivity contribution in [2.75, 3.05) is 40.3 Å². The van der Waals surface area contributed by atoms with Crippen molar-refractivity contribution in [2.24, 2.45) is 4.99 Å². The zero-order valence-electron chi connectivity index (χ0n) is 17.9. The molecular formula is C21H34IN5O2. The number of aliphatic imine (C=N–C) groups is 1. The second-order valence-electron chi connectivity index (χ2n) is 7.23. The zero-order chi connectivity index (χ0) is 20.5. The third-order valence-corrected chi connectivity index (χ3v) is 4.78. The maximum Gasteiger partial charge on any atom is 0.253 e. The van der Waals surface area contributed by atoms with Crippen LogP contribution in [0.5, 0.6) is 0 Å². The number of hydrogen-bond donors (Lipinski definition) is 2. The van der Waals surface area contributed by atoms with Crippen molar-refractivity contribution >= 4 is 41.8 Å². The van der Waals surface area contributed by atoms with Crippen LogP contribution in [-0.4, -0.2) is 73.9 Å². The van der Waals surface area contributed by atoms with Crippen molar-refractivity contribution in [1.82, 2.24) is 20.4 Å². The van der Waals surface area contributed by atoms with Gasteiger partial charge in [-0.1, -0.05) is 19.1 Å². The largest absolute Gasteiger partial charge is 0.357 e. The fourth-order valence-corrected chi connectivity index (χ4v) is 3.26. The number of carbonyl (C=O) groups is 2. The Kier molecular flexibility index (Phi) is 11.0. The van der Waals surface area contributed by atoms with Crippen molar-refractivity contribution in [3.63, 3.8) is 0 Å². The Balaban J connectivity index is 0.00000420. The van der Waals surface area contributed by atoms with Gasteiger partial charge in [-0.25, -0.2) is 0 Å². The average molecular weight is 515 g/mol. The third kappa shape index (κ3) is 7.83. The predicted octanol–water partition coefficient (Wildman–Crippen LogP) is 2.11. The van der Waals surface area contributed by atoms with Crippen LogP contribution in [-0.2, 0) is 11.2 Å². The van der Waals surface area contributed by atoms with Crippen molar-refractivity contribution in [1.29, 1.82) is 0 Å². The summed E-state index contributed by atoms with van der Waals surface area (Å²) in [6, 6.07) is 7.94. The first-order valence-corrected chi connectivity index (χ1v) is 10.1. The second-order valence-corrected chi connectivity index (χ2v) is 7.23. The Morgan fingerprint density at radius 2 is 2.03 bits per heavy atom. The van der Waals surface area contributed by atoms with Crippen LogP contribution in [0.15, 0.2) is 29.3 Å². The van der Waals surface area contributed by atoms with Gasteiger partial charge in [-0.3, -0.25) is 14.6 Å². The van der Waals surface area contributed by atoms with Crippen molar-refractivity contribution in [2.45, 2.75) is 39.2 Å². The summed E-state index contributed by atoms with van der Waals surface area (Å²) in [5.74, 6) is 0.991. The molecule has 1 atom stereocenters. The minimum Gasteiger partial charge on any atom is -0.357 e. The van der Waals surface area contributed by atoms with Gasteiger partial charge in [-0.15, -0.1) is 24.0 Å². The summed E-state index contributed by atoms with van der Waals surface area (Å²) in [5.41, 5.74) is 1.79. The summed E-state index contributed by atoms with van der Waals surface area (Å²) >= 11 is 0. The summed E-state index contributed by atoms with van der Waals surface area (Å²) in [4.78, 5) is 32.1. The van der Waals surface area contributed by atoms with E-state index in [0.29, 0.717) is 18.5 Å². The van der Waals surface area contributed by atoms with E-state index in [4.69, 9.17) is 0 Å². The van der Waals surface area contributed by atoms with E-state index < -0.39 is 0 Å². The van der Waals surface area contributed by atoms with Gasteiger partial charge in [0.25, 0.3) is 5.91 Å². The highest BCUT2D eigenvalue weighted by Crippen LogP contribution is 2.11. The summed E-state index contributed by atoms with van der Waals surface area (Å²) in [5, 5.41) is 6.71. The minimum absolute atomic E-state index is 0. The standard InChI is InChI=1S/C21H33N5O2.HI/c1-5-19(27)26-13-11-18(15-26)24-21(22-6-2)23-12-10-16-8-7-9-17(14-16)20(28)25(3)4;/h7-9,14,18H,5-6,10-13,15H2,1-4H3,(H2,22,23,24);1H. The number of benzene rings is 1. The molecule has 1 aliphatic rings. The second kappa shape index (κ2) is 12.7. The maximum atomic E-state index is 12.1. The number of halogens is 1. The van der Waals surface area contributed by atoms with Crippen LogP contribution in [0.4, 0.5) is 0 Å². The molecule has 2 amide bonds. The van der Waals surface area contributed by atoms with Gasteiger partial charge >= 0.3 is 0 Å². The Labute approximate surface area is 191 Å². The van der Waals surface area contributed by atoms with Gasteiger partial charge in [0.2, 0.25) is 5.91 Å². The molecule has 1 aromatic carbocycles. The molecule has 7 nitrogen and oxygen atoms in total. The molecule has 2 rings (SSSR count). The van der Waals surface area contributed by atoms with E-state index in [1.165, 1.54) is 0 Å². The van der Waals surface area contributed by atoms with Gasteiger partial charge in [0.15, 0.2) is 5.96 Å². The third-order valence-electron chi connectivity index (χ3n) is 4.78. The van der Waals surface area contributed by atoms with Gasteiger partial charge in [-0.05, 0) is 37.5 Å². The van der Waals surface area contributed by atoms with Crippen LogP contribution < -0.4 is 10.6 Å². The molecule has 2 N–H and O–H groups in total. The van der Waals surface area contributed by atoms with Crippen LogP contribution in [0.1, 0.15) is 42.6 Å². The van der Waals surface area contributed by atoms with Crippen LogP contribution in [0.25, 0.3) is 0 Å². The first-order chi connectivity index (χ1) is 13.4. The predicted molar refractivity (Wildman–Crippen MR) is 128 cm³/mol. The molecule has 1 saturated heterocycles. The monoisotopic (exact) mass is 515 g/mol. The van der Waals surface area contributed by atoms with Gasteiger partial charge in [0.1, 0.15) is 0 Å². The summed E-state index contributed by atoms with van der Waals surface area (Å²) in [7, 11) is 3.51. The van der Waals surface area contributed by atoms with E-state index in [2.05, 4.69) is 15.6 Å². The summed E-state index contributed by atoms with van der Waals surface area (Å²) in [6.07, 6.45) is 2.25. The summed E-state index contributed by atoms with van der Waals surface area (Å²) in [6.45, 7) is 6.87. The molecule has 1 fully saturated rings. The topological polar surface area (TPSA) is 77.0 Å². The first-order valence-electron chi connectivity index (χ1n) is 10.1. The molecule has 0 aromatic heterocycles. The number of hydrogen-bond acceptors (Lipinski definition) is 3. The van der Waals surface area contributed by atoms with E-state index in [9.17, 15) is 9.59 Å². The fourth-order valence-electron chi connectivity index (χ4n) is 3.26. The number of nitrogens with one attached hydrogen (secondary N) is 2. The normalized spacial score (nSPS) is 16.2. The zero-order valence-corrected chi connectivity index (χ0v) is 20.2.